The molecule has 1 aliphatic heterocycles. The van der Waals surface area contributed by atoms with Gasteiger partial charge in [-0.15, -0.1) is 0 Å². The van der Waals surface area contributed by atoms with E-state index in [1.165, 1.54) is 5.56 Å². The highest BCUT2D eigenvalue weighted by atomic mass is 16.6. The lowest BCUT2D eigenvalue weighted by molar-refractivity contribution is -0.131. The van der Waals surface area contributed by atoms with Crippen molar-refractivity contribution in [1.29, 1.82) is 0 Å². The molecule has 6 nitrogen and oxygen atoms in total. The number of hydrogen-bond donors (Lipinski definition) is 1. The monoisotopic (exact) mass is 354 g/mol. The van der Waals surface area contributed by atoms with Gasteiger partial charge in [0.2, 0.25) is 6.10 Å². The third kappa shape index (κ3) is 4.14. The van der Waals surface area contributed by atoms with E-state index in [0.717, 1.165) is 12.0 Å². The van der Waals surface area contributed by atoms with Gasteiger partial charge in [0.1, 0.15) is 11.5 Å². The Morgan fingerprint density at radius 1 is 1.19 bits per heavy atom. The van der Waals surface area contributed by atoms with E-state index >= 15 is 0 Å². The maximum Gasteiger partial charge on any atom is 0.264 e. The van der Waals surface area contributed by atoms with Crippen LogP contribution in [0.1, 0.15) is 17.5 Å². The smallest absolute Gasteiger partial charge is 0.264 e. The van der Waals surface area contributed by atoms with Crippen LogP contribution in [-0.4, -0.2) is 38.5 Å². The van der Waals surface area contributed by atoms with Crippen LogP contribution in [0.2, 0.25) is 0 Å². The first kappa shape index (κ1) is 17.8. The predicted octanol–water partition coefficient (Wildman–Crippen LogP) is 2.56. The summed E-state index contributed by atoms with van der Waals surface area (Å²) in [4.78, 5) is 17.7. The van der Waals surface area contributed by atoms with Crippen molar-refractivity contribution in [3.8, 4) is 11.5 Å². The highest BCUT2D eigenvalue weighted by Gasteiger charge is 2.30. The average molecular weight is 354 g/mol. The highest BCUT2D eigenvalue weighted by molar-refractivity contribution is 6.06. The van der Waals surface area contributed by atoms with Gasteiger partial charge in [0, 0.05) is 18.5 Å². The molecule has 1 atom stereocenters. The molecule has 0 spiro atoms. The van der Waals surface area contributed by atoms with Gasteiger partial charge in [-0.25, -0.2) is 0 Å². The number of carbonyl (C=O) groups is 1. The normalized spacial score (nSPS) is 15.8. The van der Waals surface area contributed by atoms with E-state index in [-0.39, 0.29) is 5.91 Å². The zero-order valence-electron chi connectivity index (χ0n) is 14.9. The summed E-state index contributed by atoms with van der Waals surface area (Å²) >= 11 is 0. The van der Waals surface area contributed by atoms with Crippen LogP contribution in [0.15, 0.2) is 53.7 Å². The minimum atomic E-state index is -0.628. The number of benzene rings is 2. The Hall–Kier alpha value is -3.02. The maximum absolute atomic E-state index is 12.3. The Kier molecular flexibility index (Phi) is 5.73. The van der Waals surface area contributed by atoms with Crippen LogP contribution in [0.5, 0.6) is 11.5 Å². The Bertz CT molecular complexity index is 790. The van der Waals surface area contributed by atoms with E-state index in [2.05, 4.69) is 10.5 Å². The lowest BCUT2D eigenvalue weighted by Crippen LogP contribution is -2.36. The van der Waals surface area contributed by atoms with E-state index in [9.17, 15) is 4.79 Å². The van der Waals surface area contributed by atoms with Crippen LogP contribution < -0.4 is 14.8 Å². The fourth-order valence-corrected chi connectivity index (χ4v) is 2.81. The first-order chi connectivity index (χ1) is 12.7. The van der Waals surface area contributed by atoms with Crippen molar-refractivity contribution in [2.24, 2.45) is 5.16 Å². The van der Waals surface area contributed by atoms with Crippen molar-refractivity contribution in [2.45, 2.75) is 18.9 Å². The van der Waals surface area contributed by atoms with E-state index in [1.807, 2.05) is 48.5 Å². The van der Waals surface area contributed by atoms with Crippen molar-refractivity contribution in [3.05, 3.63) is 59.7 Å². The molecular formula is C20H22N2O4. The molecule has 0 aromatic heterocycles. The summed E-state index contributed by atoms with van der Waals surface area (Å²) in [6.07, 6.45) is 0.536. The molecule has 1 amide bonds. The van der Waals surface area contributed by atoms with Gasteiger partial charge < -0.3 is 19.6 Å². The fraction of sp³-hybridized carbons (Fsp3) is 0.300. The predicted molar refractivity (Wildman–Crippen MR) is 98.7 cm³/mol. The molecule has 0 fully saturated rings. The van der Waals surface area contributed by atoms with Crippen LogP contribution >= 0.6 is 0 Å². The molecular weight excluding hydrogens is 332 g/mol. The van der Waals surface area contributed by atoms with Gasteiger partial charge in [-0.2, -0.15) is 0 Å². The standard InChI is InChI=1S/C20H22N2O4/c1-24-15-8-9-18(25-2)16(12-15)17-13-19(26-22-17)20(23)21-11-10-14-6-4-3-5-7-14/h3-9,12,19H,10-11,13H2,1-2H3,(H,21,23). The van der Waals surface area contributed by atoms with Crippen LogP contribution in [-0.2, 0) is 16.1 Å². The molecule has 0 saturated carbocycles. The number of carbonyl (C=O) groups excluding carboxylic acids is 1. The zero-order valence-corrected chi connectivity index (χ0v) is 14.9. The van der Waals surface area contributed by atoms with Gasteiger partial charge in [0.25, 0.3) is 5.91 Å². The van der Waals surface area contributed by atoms with Crippen molar-refractivity contribution in [1.82, 2.24) is 5.32 Å². The van der Waals surface area contributed by atoms with Gasteiger partial charge in [0.05, 0.1) is 19.9 Å². The van der Waals surface area contributed by atoms with E-state index in [0.29, 0.717) is 30.2 Å². The molecule has 0 aliphatic carbocycles. The molecule has 0 saturated heterocycles. The van der Waals surface area contributed by atoms with E-state index < -0.39 is 6.10 Å². The number of oxime groups is 1. The summed E-state index contributed by atoms with van der Waals surface area (Å²) in [7, 11) is 3.19. The Labute approximate surface area is 152 Å². The summed E-state index contributed by atoms with van der Waals surface area (Å²) in [5.41, 5.74) is 2.62. The van der Waals surface area contributed by atoms with Crippen molar-refractivity contribution in [2.75, 3.05) is 20.8 Å². The Morgan fingerprint density at radius 2 is 2.00 bits per heavy atom. The molecule has 1 unspecified atom stereocenters. The summed E-state index contributed by atoms with van der Waals surface area (Å²) in [6.45, 7) is 0.556. The number of hydrogen-bond acceptors (Lipinski definition) is 5. The second kappa shape index (κ2) is 8.38. The number of methoxy groups -OCH3 is 2. The Morgan fingerprint density at radius 3 is 2.73 bits per heavy atom. The maximum atomic E-state index is 12.3. The molecule has 0 bridgehead atoms. The first-order valence-electron chi connectivity index (χ1n) is 8.48. The number of ether oxygens (including phenoxy) is 2. The topological polar surface area (TPSA) is 69.1 Å². The largest absolute Gasteiger partial charge is 0.497 e. The van der Waals surface area contributed by atoms with Gasteiger partial charge in [-0.1, -0.05) is 35.5 Å². The molecule has 6 heteroatoms. The summed E-state index contributed by atoms with van der Waals surface area (Å²) in [6, 6.07) is 15.5. The van der Waals surface area contributed by atoms with Crippen LogP contribution in [0.25, 0.3) is 0 Å². The van der Waals surface area contributed by atoms with Crippen LogP contribution in [0.3, 0.4) is 0 Å². The third-order valence-electron chi connectivity index (χ3n) is 4.23. The van der Waals surface area contributed by atoms with E-state index in [4.69, 9.17) is 14.3 Å². The molecule has 1 aliphatic rings. The van der Waals surface area contributed by atoms with Gasteiger partial charge in [0.15, 0.2) is 0 Å². The molecule has 1 heterocycles. The second-order valence-corrected chi connectivity index (χ2v) is 5.93. The molecule has 2 aromatic carbocycles. The molecule has 2 aromatic rings. The second-order valence-electron chi connectivity index (χ2n) is 5.93. The third-order valence-corrected chi connectivity index (χ3v) is 4.23. The molecule has 1 N–H and O–H groups in total. The SMILES string of the molecule is COc1ccc(OC)c(C2=NOC(C(=O)NCCc3ccccc3)C2)c1. The van der Waals surface area contributed by atoms with Crippen molar-refractivity contribution in [3.63, 3.8) is 0 Å². The zero-order chi connectivity index (χ0) is 18.4. The summed E-state index contributed by atoms with van der Waals surface area (Å²) in [5.74, 6) is 1.19. The lowest BCUT2D eigenvalue weighted by atomic mass is 10.0. The minimum Gasteiger partial charge on any atom is -0.497 e. The van der Waals surface area contributed by atoms with Crippen LogP contribution in [0, 0.1) is 0 Å². The Balaban J connectivity index is 1.57. The van der Waals surface area contributed by atoms with Crippen molar-refractivity contribution < 1.29 is 19.1 Å². The highest BCUT2D eigenvalue weighted by Crippen LogP contribution is 2.28. The molecule has 26 heavy (non-hydrogen) atoms. The molecule has 0 radical (unpaired) electrons. The van der Waals surface area contributed by atoms with Gasteiger partial charge in [-0.3, -0.25) is 4.79 Å². The fourth-order valence-electron chi connectivity index (χ4n) is 2.81. The molecule has 3 rings (SSSR count). The number of rotatable bonds is 7. The van der Waals surface area contributed by atoms with Gasteiger partial charge in [-0.05, 0) is 30.2 Å². The number of nitrogens with one attached hydrogen (secondary N) is 1. The lowest BCUT2D eigenvalue weighted by Gasteiger charge is -2.11. The quantitative estimate of drug-likeness (QED) is 0.830. The summed E-state index contributed by atoms with van der Waals surface area (Å²) in [5, 5.41) is 6.98. The average Bonchev–Trinajstić information content (AvgIpc) is 3.18. The number of nitrogens with zero attached hydrogens (tertiary/aromatic N) is 1. The van der Waals surface area contributed by atoms with Crippen LogP contribution in [0.4, 0.5) is 0 Å². The summed E-state index contributed by atoms with van der Waals surface area (Å²) < 4.78 is 10.6. The first-order valence-corrected chi connectivity index (χ1v) is 8.48. The molecule has 136 valence electrons. The van der Waals surface area contributed by atoms with Gasteiger partial charge >= 0.3 is 0 Å². The minimum absolute atomic E-state index is 0.165. The number of amides is 1. The van der Waals surface area contributed by atoms with Crippen molar-refractivity contribution >= 4 is 11.6 Å². The van der Waals surface area contributed by atoms with E-state index in [1.54, 1.807) is 14.2 Å².